The molecule has 2 N–H and O–H groups in total. The lowest BCUT2D eigenvalue weighted by molar-refractivity contribution is -0.144. The van der Waals surface area contributed by atoms with Gasteiger partial charge in [-0.25, -0.2) is 8.42 Å². The standard InChI is InChI=1S/C18H25N3O5S/c1-2-26-18(23)12-11-17(22)20-14-7-9-15(10-8-14)27(24,25)21-16-6-4-3-5-13-19-16/h7-10H,2-6,11-13H2,1H3,(H,19,21)(H,20,22). The SMILES string of the molecule is CCOC(=O)CCC(=O)Nc1ccc(S(=O)(=O)NC2=NCCCCC2)cc1. The molecule has 0 saturated heterocycles. The summed E-state index contributed by atoms with van der Waals surface area (Å²) in [5.41, 5.74) is 0.453. The highest BCUT2D eigenvalue weighted by molar-refractivity contribution is 7.90. The molecule has 0 bridgehead atoms. The molecule has 148 valence electrons. The third-order valence-corrected chi connectivity index (χ3v) is 5.33. The van der Waals surface area contributed by atoms with Crippen molar-refractivity contribution in [2.24, 2.45) is 4.99 Å². The molecule has 1 heterocycles. The fourth-order valence-electron chi connectivity index (χ4n) is 2.56. The summed E-state index contributed by atoms with van der Waals surface area (Å²) in [7, 11) is -3.70. The van der Waals surface area contributed by atoms with Gasteiger partial charge in [0.25, 0.3) is 10.0 Å². The van der Waals surface area contributed by atoms with Crippen LogP contribution in [0.5, 0.6) is 0 Å². The summed E-state index contributed by atoms with van der Waals surface area (Å²) >= 11 is 0. The van der Waals surface area contributed by atoms with E-state index in [4.69, 9.17) is 4.74 Å². The monoisotopic (exact) mass is 395 g/mol. The van der Waals surface area contributed by atoms with Gasteiger partial charge < -0.3 is 10.1 Å². The lowest BCUT2D eigenvalue weighted by Crippen LogP contribution is -2.30. The fraction of sp³-hybridized carbons (Fsp3) is 0.500. The predicted molar refractivity (Wildman–Crippen MR) is 102 cm³/mol. The third-order valence-electron chi connectivity index (χ3n) is 3.94. The van der Waals surface area contributed by atoms with Crippen LogP contribution in [-0.2, 0) is 24.3 Å². The molecule has 1 aliphatic rings. The summed E-state index contributed by atoms with van der Waals surface area (Å²) in [5.74, 6) is -0.282. The number of ether oxygens (including phenoxy) is 1. The number of carbonyl (C=O) groups is 2. The Morgan fingerprint density at radius 2 is 1.85 bits per heavy atom. The van der Waals surface area contributed by atoms with Gasteiger partial charge in [-0.1, -0.05) is 6.42 Å². The molecule has 1 amide bonds. The minimum atomic E-state index is -3.70. The van der Waals surface area contributed by atoms with Gasteiger partial charge in [-0.15, -0.1) is 0 Å². The van der Waals surface area contributed by atoms with Crippen LogP contribution in [-0.4, -0.2) is 39.3 Å². The van der Waals surface area contributed by atoms with Crippen LogP contribution in [0.2, 0.25) is 0 Å². The summed E-state index contributed by atoms with van der Waals surface area (Å²) < 4.78 is 32.2. The van der Waals surface area contributed by atoms with Crippen LogP contribution in [0.1, 0.15) is 45.4 Å². The van der Waals surface area contributed by atoms with Gasteiger partial charge in [-0.3, -0.25) is 19.3 Å². The van der Waals surface area contributed by atoms with Crippen molar-refractivity contribution in [2.45, 2.75) is 50.3 Å². The number of nitrogens with one attached hydrogen (secondary N) is 2. The summed E-state index contributed by atoms with van der Waals surface area (Å²) in [4.78, 5) is 27.5. The Labute approximate surface area is 159 Å². The zero-order valence-corrected chi connectivity index (χ0v) is 16.2. The molecule has 1 aliphatic heterocycles. The van der Waals surface area contributed by atoms with Crippen molar-refractivity contribution in [3.63, 3.8) is 0 Å². The molecule has 0 aliphatic carbocycles. The van der Waals surface area contributed by atoms with E-state index in [0.717, 1.165) is 19.3 Å². The van der Waals surface area contributed by atoms with E-state index in [-0.39, 0.29) is 30.3 Å². The maximum atomic E-state index is 12.5. The van der Waals surface area contributed by atoms with Gasteiger partial charge in [-0.2, -0.15) is 0 Å². The first kappa shape index (κ1) is 20.9. The highest BCUT2D eigenvalue weighted by atomic mass is 32.2. The molecule has 1 aromatic rings. The van der Waals surface area contributed by atoms with Crippen LogP contribution in [0, 0.1) is 0 Å². The summed E-state index contributed by atoms with van der Waals surface area (Å²) in [6.45, 7) is 2.61. The molecule has 9 heteroatoms. The summed E-state index contributed by atoms with van der Waals surface area (Å²) in [6.07, 6.45) is 3.54. The van der Waals surface area contributed by atoms with Gasteiger partial charge >= 0.3 is 5.97 Å². The van der Waals surface area contributed by atoms with Gasteiger partial charge in [-0.05, 0) is 44.0 Å². The smallest absolute Gasteiger partial charge is 0.306 e. The number of benzene rings is 1. The van der Waals surface area contributed by atoms with Crippen LogP contribution in [0.4, 0.5) is 5.69 Å². The molecule has 8 nitrogen and oxygen atoms in total. The second-order valence-electron chi connectivity index (χ2n) is 6.12. The number of nitrogens with zero attached hydrogens (tertiary/aromatic N) is 1. The van der Waals surface area contributed by atoms with Crippen molar-refractivity contribution in [2.75, 3.05) is 18.5 Å². The average molecular weight is 395 g/mol. The number of hydrogen-bond donors (Lipinski definition) is 2. The van der Waals surface area contributed by atoms with E-state index < -0.39 is 16.0 Å². The highest BCUT2D eigenvalue weighted by Gasteiger charge is 2.17. The largest absolute Gasteiger partial charge is 0.466 e. The second-order valence-corrected chi connectivity index (χ2v) is 7.80. The minimum Gasteiger partial charge on any atom is -0.466 e. The number of carbonyl (C=O) groups excluding carboxylic acids is 2. The number of hydrogen-bond acceptors (Lipinski definition) is 6. The van der Waals surface area contributed by atoms with E-state index >= 15 is 0 Å². The van der Waals surface area contributed by atoms with Gasteiger partial charge in [0.1, 0.15) is 5.84 Å². The Bertz CT molecular complexity index is 788. The first-order valence-electron chi connectivity index (χ1n) is 9.02. The van der Waals surface area contributed by atoms with Crippen molar-refractivity contribution < 1.29 is 22.7 Å². The minimum absolute atomic E-state index is 0.000261. The van der Waals surface area contributed by atoms with Gasteiger partial charge in [0.05, 0.1) is 17.9 Å². The Morgan fingerprint density at radius 3 is 2.56 bits per heavy atom. The molecule has 0 fully saturated rings. The molecule has 0 radical (unpaired) electrons. The quantitative estimate of drug-likeness (QED) is 0.687. The van der Waals surface area contributed by atoms with Crippen LogP contribution in [0.25, 0.3) is 0 Å². The molecule has 27 heavy (non-hydrogen) atoms. The molecular formula is C18H25N3O5S. The molecule has 0 unspecified atom stereocenters. The predicted octanol–water partition coefficient (Wildman–Crippen LogP) is 2.22. The second kappa shape index (κ2) is 10.1. The van der Waals surface area contributed by atoms with Gasteiger partial charge in [0.2, 0.25) is 5.91 Å². The summed E-state index contributed by atoms with van der Waals surface area (Å²) in [5, 5.41) is 2.62. The Morgan fingerprint density at radius 1 is 1.11 bits per heavy atom. The van der Waals surface area contributed by atoms with Crippen molar-refractivity contribution in [1.82, 2.24) is 4.72 Å². The normalized spacial score (nSPS) is 14.6. The number of esters is 1. The fourth-order valence-corrected chi connectivity index (χ4v) is 3.65. The van der Waals surface area contributed by atoms with E-state index in [2.05, 4.69) is 15.0 Å². The number of sulfonamides is 1. The van der Waals surface area contributed by atoms with Crippen molar-refractivity contribution in [3.05, 3.63) is 24.3 Å². The summed E-state index contributed by atoms with van der Waals surface area (Å²) in [6, 6.07) is 5.85. The molecule has 0 atom stereocenters. The third kappa shape index (κ3) is 7.01. The lowest BCUT2D eigenvalue weighted by Gasteiger charge is -2.10. The number of amides is 1. The van der Waals surface area contributed by atoms with Crippen LogP contribution >= 0.6 is 0 Å². The maximum Gasteiger partial charge on any atom is 0.306 e. The average Bonchev–Trinajstić information content (AvgIpc) is 2.89. The van der Waals surface area contributed by atoms with E-state index in [9.17, 15) is 18.0 Å². The Kier molecular flexibility index (Phi) is 7.78. The van der Waals surface area contributed by atoms with E-state index in [1.165, 1.54) is 24.3 Å². The van der Waals surface area contributed by atoms with Crippen molar-refractivity contribution in [3.8, 4) is 0 Å². The van der Waals surface area contributed by atoms with Gasteiger partial charge in [0, 0.05) is 25.1 Å². The first-order chi connectivity index (χ1) is 12.9. The van der Waals surface area contributed by atoms with Crippen LogP contribution in [0.15, 0.2) is 34.2 Å². The topological polar surface area (TPSA) is 114 Å². The molecular weight excluding hydrogens is 370 g/mol. The van der Waals surface area contributed by atoms with Crippen molar-refractivity contribution in [1.29, 1.82) is 0 Å². The van der Waals surface area contributed by atoms with Crippen molar-refractivity contribution >= 4 is 33.4 Å². The Balaban J connectivity index is 1.92. The first-order valence-corrected chi connectivity index (χ1v) is 10.5. The lowest BCUT2D eigenvalue weighted by atomic mass is 10.2. The van der Waals surface area contributed by atoms with E-state index in [1.54, 1.807) is 6.92 Å². The molecule has 0 spiro atoms. The molecule has 2 rings (SSSR count). The zero-order valence-electron chi connectivity index (χ0n) is 15.4. The van der Waals surface area contributed by atoms with Crippen LogP contribution in [0.3, 0.4) is 0 Å². The zero-order chi connectivity index (χ0) is 19.7. The molecule has 0 aromatic heterocycles. The Hall–Kier alpha value is -2.42. The highest BCUT2D eigenvalue weighted by Crippen LogP contribution is 2.16. The molecule has 0 saturated carbocycles. The van der Waals surface area contributed by atoms with Gasteiger partial charge in [0.15, 0.2) is 0 Å². The van der Waals surface area contributed by atoms with Crippen LogP contribution < -0.4 is 10.0 Å². The number of amidine groups is 1. The van der Waals surface area contributed by atoms with E-state index in [1.807, 2.05) is 0 Å². The molecule has 1 aromatic carbocycles. The number of anilines is 1. The maximum absolute atomic E-state index is 12.5. The van der Waals surface area contributed by atoms with E-state index in [0.29, 0.717) is 24.5 Å². The number of rotatable bonds is 7. The number of aliphatic imine (C=N–C) groups is 1.